The summed E-state index contributed by atoms with van der Waals surface area (Å²) < 4.78 is 5.23. The van der Waals surface area contributed by atoms with Gasteiger partial charge in [0.15, 0.2) is 0 Å². The molecule has 0 spiro atoms. The highest BCUT2D eigenvalue weighted by Gasteiger charge is 2.26. The van der Waals surface area contributed by atoms with Crippen molar-refractivity contribution < 1.29 is 24.5 Å². The van der Waals surface area contributed by atoms with Gasteiger partial charge in [-0.3, -0.25) is 9.59 Å². The second kappa shape index (κ2) is 6.56. The van der Waals surface area contributed by atoms with E-state index >= 15 is 0 Å². The molecular weight excluding hydrogens is 226 g/mol. The summed E-state index contributed by atoms with van der Waals surface area (Å²) in [5.41, 5.74) is 0. The molecule has 0 bridgehead atoms. The predicted molar refractivity (Wildman–Crippen MR) is 59.8 cm³/mol. The van der Waals surface area contributed by atoms with Crippen LogP contribution in [0.25, 0.3) is 0 Å². The molecule has 1 atom stereocenters. The van der Waals surface area contributed by atoms with Crippen molar-refractivity contribution in [2.75, 3.05) is 26.8 Å². The van der Waals surface area contributed by atoms with Gasteiger partial charge in [0.1, 0.15) is 0 Å². The molecule has 6 nitrogen and oxygen atoms in total. The zero-order valence-electron chi connectivity index (χ0n) is 9.96. The molecule has 0 aromatic carbocycles. The number of hydrogen-bond acceptors (Lipinski definition) is 4. The highest BCUT2D eigenvalue weighted by molar-refractivity contribution is 5.77. The standard InChI is InChI=1S/C11H19NO5/c1-12(9-2-4-17-5-3-9)7-8(11(15)16)6-10(13)14/h8-9H,2-7H2,1H3,(H,13,14)(H,15,16). The minimum absolute atomic E-state index is 0.270. The zero-order chi connectivity index (χ0) is 12.8. The van der Waals surface area contributed by atoms with E-state index in [-0.39, 0.29) is 13.0 Å². The molecule has 1 fully saturated rings. The first kappa shape index (κ1) is 13.9. The lowest BCUT2D eigenvalue weighted by Gasteiger charge is -2.32. The molecule has 17 heavy (non-hydrogen) atoms. The molecule has 1 aliphatic heterocycles. The normalized spacial score (nSPS) is 19.2. The van der Waals surface area contributed by atoms with Gasteiger partial charge in [-0.1, -0.05) is 0 Å². The van der Waals surface area contributed by atoms with Crippen molar-refractivity contribution in [1.82, 2.24) is 4.90 Å². The monoisotopic (exact) mass is 245 g/mol. The maximum absolute atomic E-state index is 10.9. The molecule has 0 aromatic rings. The van der Waals surface area contributed by atoms with Gasteiger partial charge >= 0.3 is 11.9 Å². The van der Waals surface area contributed by atoms with E-state index in [1.165, 1.54) is 0 Å². The topological polar surface area (TPSA) is 87.1 Å². The third-order valence-electron chi connectivity index (χ3n) is 3.09. The lowest BCUT2D eigenvalue weighted by Crippen LogP contribution is -2.41. The van der Waals surface area contributed by atoms with E-state index < -0.39 is 17.9 Å². The first-order chi connectivity index (χ1) is 8.00. The van der Waals surface area contributed by atoms with Gasteiger partial charge in [0.05, 0.1) is 12.3 Å². The van der Waals surface area contributed by atoms with Crippen LogP contribution in [0.1, 0.15) is 19.3 Å². The van der Waals surface area contributed by atoms with Gasteiger partial charge in [0, 0.05) is 25.8 Å². The summed E-state index contributed by atoms with van der Waals surface area (Å²) in [4.78, 5) is 23.4. The summed E-state index contributed by atoms with van der Waals surface area (Å²) in [5, 5.41) is 17.6. The van der Waals surface area contributed by atoms with Crippen LogP contribution in [-0.2, 0) is 14.3 Å². The Labute approximate surface area is 100 Å². The van der Waals surface area contributed by atoms with Crippen LogP contribution in [0.15, 0.2) is 0 Å². The van der Waals surface area contributed by atoms with E-state index in [1.807, 2.05) is 11.9 Å². The molecular formula is C11H19NO5. The summed E-state index contributed by atoms with van der Waals surface area (Å²) in [5.74, 6) is -2.97. The number of carboxylic acid groups (broad SMARTS) is 2. The van der Waals surface area contributed by atoms with Crippen molar-refractivity contribution in [1.29, 1.82) is 0 Å². The Morgan fingerprint density at radius 2 is 1.94 bits per heavy atom. The number of aliphatic carboxylic acids is 2. The van der Waals surface area contributed by atoms with Crippen molar-refractivity contribution in [2.24, 2.45) is 5.92 Å². The average molecular weight is 245 g/mol. The van der Waals surface area contributed by atoms with Crippen LogP contribution in [0, 0.1) is 5.92 Å². The molecule has 98 valence electrons. The minimum Gasteiger partial charge on any atom is -0.481 e. The first-order valence-corrected chi connectivity index (χ1v) is 5.73. The second-order valence-electron chi connectivity index (χ2n) is 4.42. The lowest BCUT2D eigenvalue weighted by atomic mass is 10.0. The number of rotatable bonds is 6. The molecule has 1 unspecified atom stereocenters. The van der Waals surface area contributed by atoms with Gasteiger partial charge in [0.25, 0.3) is 0 Å². The van der Waals surface area contributed by atoms with Crippen molar-refractivity contribution in [3.8, 4) is 0 Å². The molecule has 1 aliphatic rings. The van der Waals surface area contributed by atoms with E-state index in [0.29, 0.717) is 19.3 Å². The molecule has 1 heterocycles. The summed E-state index contributed by atoms with van der Waals surface area (Å²) in [6.07, 6.45) is 1.41. The van der Waals surface area contributed by atoms with Crippen LogP contribution < -0.4 is 0 Å². The summed E-state index contributed by atoms with van der Waals surface area (Å²) in [6.45, 7) is 1.64. The van der Waals surface area contributed by atoms with E-state index in [1.54, 1.807) is 0 Å². The lowest BCUT2D eigenvalue weighted by molar-refractivity contribution is -0.149. The second-order valence-corrected chi connectivity index (χ2v) is 4.42. The molecule has 0 aromatic heterocycles. The maximum Gasteiger partial charge on any atom is 0.308 e. The largest absolute Gasteiger partial charge is 0.481 e. The quantitative estimate of drug-likeness (QED) is 0.698. The smallest absolute Gasteiger partial charge is 0.308 e. The summed E-state index contributed by atoms with van der Waals surface area (Å²) in [6, 6.07) is 0.291. The Bertz CT molecular complexity index is 275. The molecule has 0 aliphatic carbocycles. The predicted octanol–water partition coefficient (Wildman–Crippen LogP) is 0.273. The van der Waals surface area contributed by atoms with E-state index in [4.69, 9.17) is 14.9 Å². The van der Waals surface area contributed by atoms with Crippen molar-refractivity contribution >= 4 is 11.9 Å². The third-order valence-corrected chi connectivity index (χ3v) is 3.09. The van der Waals surface area contributed by atoms with Gasteiger partial charge in [0.2, 0.25) is 0 Å². The fourth-order valence-electron chi connectivity index (χ4n) is 2.06. The fourth-order valence-corrected chi connectivity index (χ4v) is 2.06. The third kappa shape index (κ3) is 4.70. The van der Waals surface area contributed by atoms with Gasteiger partial charge in [-0.05, 0) is 19.9 Å². The van der Waals surface area contributed by atoms with Crippen LogP contribution in [-0.4, -0.2) is 59.9 Å². The van der Waals surface area contributed by atoms with Crippen molar-refractivity contribution in [2.45, 2.75) is 25.3 Å². The van der Waals surface area contributed by atoms with Crippen molar-refractivity contribution in [3.05, 3.63) is 0 Å². The highest BCUT2D eigenvalue weighted by atomic mass is 16.5. The molecule has 0 radical (unpaired) electrons. The Morgan fingerprint density at radius 3 is 2.41 bits per heavy atom. The number of carbonyl (C=O) groups is 2. The van der Waals surface area contributed by atoms with Gasteiger partial charge in [-0.15, -0.1) is 0 Å². The Kier molecular flexibility index (Phi) is 5.37. The van der Waals surface area contributed by atoms with Crippen LogP contribution in [0.4, 0.5) is 0 Å². The van der Waals surface area contributed by atoms with Gasteiger partial charge < -0.3 is 19.8 Å². The SMILES string of the molecule is CN(CC(CC(=O)O)C(=O)O)C1CCOCC1. The van der Waals surface area contributed by atoms with Gasteiger partial charge in [-0.2, -0.15) is 0 Å². The molecule has 0 amide bonds. The van der Waals surface area contributed by atoms with Crippen LogP contribution >= 0.6 is 0 Å². The zero-order valence-corrected chi connectivity index (χ0v) is 9.96. The Balaban J connectivity index is 2.47. The summed E-state index contributed by atoms with van der Waals surface area (Å²) in [7, 11) is 1.84. The fraction of sp³-hybridized carbons (Fsp3) is 0.818. The van der Waals surface area contributed by atoms with Gasteiger partial charge in [-0.25, -0.2) is 0 Å². The number of nitrogens with zero attached hydrogens (tertiary/aromatic N) is 1. The van der Waals surface area contributed by atoms with Crippen LogP contribution in [0.3, 0.4) is 0 Å². The van der Waals surface area contributed by atoms with Crippen LogP contribution in [0.5, 0.6) is 0 Å². The maximum atomic E-state index is 10.9. The Hall–Kier alpha value is -1.14. The van der Waals surface area contributed by atoms with E-state index in [2.05, 4.69) is 0 Å². The van der Waals surface area contributed by atoms with E-state index in [0.717, 1.165) is 12.8 Å². The molecule has 1 rings (SSSR count). The minimum atomic E-state index is -1.07. The molecule has 1 saturated heterocycles. The average Bonchev–Trinajstić information content (AvgIpc) is 2.28. The molecule has 0 saturated carbocycles. The number of hydrogen-bond donors (Lipinski definition) is 2. The molecule has 6 heteroatoms. The highest BCUT2D eigenvalue weighted by Crippen LogP contribution is 2.15. The first-order valence-electron chi connectivity index (χ1n) is 5.73. The number of carboxylic acids is 2. The Morgan fingerprint density at radius 1 is 1.35 bits per heavy atom. The summed E-state index contributed by atoms with van der Waals surface area (Å²) >= 11 is 0. The van der Waals surface area contributed by atoms with Crippen LogP contribution in [0.2, 0.25) is 0 Å². The number of ether oxygens (including phenoxy) is 1. The van der Waals surface area contributed by atoms with Crippen molar-refractivity contribution in [3.63, 3.8) is 0 Å². The van der Waals surface area contributed by atoms with E-state index in [9.17, 15) is 9.59 Å². The molecule has 2 N–H and O–H groups in total.